The summed E-state index contributed by atoms with van der Waals surface area (Å²) in [5.41, 5.74) is 0. The first-order valence-electron chi connectivity index (χ1n) is 32.6. The summed E-state index contributed by atoms with van der Waals surface area (Å²) in [5, 5.41) is 23.3. The molecule has 3 N–H and O–H groups in total. The lowest BCUT2D eigenvalue weighted by Gasteiger charge is -2.22. The molecule has 0 bridgehead atoms. The van der Waals surface area contributed by atoms with Crippen LogP contribution in [0.2, 0.25) is 0 Å². The Labute approximate surface area is 450 Å². The van der Waals surface area contributed by atoms with E-state index in [2.05, 4.69) is 43.5 Å². The van der Waals surface area contributed by atoms with Crippen LogP contribution in [0.1, 0.15) is 361 Å². The molecule has 0 spiro atoms. The number of aliphatic hydroxyl groups is 2. The summed E-state index contributed by atoms with van der Waals surface area (Å²) in [5.74, 6) is -0.0304. The lowest BCUT2D eigenvalue weighted by molar-refractivity contribution is -0.143. The molecule has 2 unspecified atom stereocenters. The molecule has 0 aromatic heterocycles. The number of carbonyl (C=O) groups excluding carboxylic acids is 2. The van der Waals surface area contributed by atoms with Crippen molar-refractivity contribution in [3.63, 3.8) is 0 Å². The van der Waals surface area contributed by atoms with Gasteiger partial charge < -0.3 is 20.3 Å². The third-order valence-electron chi connectivity index (χ3n) is 15.3. The molecular weight excluding hydrogens is 887 g/mol. The number of carbonyl (C=O) groups is 2. The molecule has 0 heterocycles. The number of esters is 1. The first-order chi connectivity index (χ1) is 35.5. The molecule has 0 saturated carbocycles. The molecule has 2 atom stereocenters. The minimum Gasteiger partial charge on any atom is -0.466 e. The van der Waals surface area contributed by atoms with Gasteiger partial charge in [-0.2, -0.15) is 0 Å². The van der Waals surface area contributed by atoms with Crippen molar-refractivity contribution in [3.05, 3.63) is 24.3 Å². The zero-order valence-electron chi connectivity index (χ0n) is 48.7. The Bertz CT molecular complexity index is 1120. The number of rotatable bonds is 61. The summed E-state index contributed by atoms with van der Waals surface area (Å²) < 4.78 is 5.49. The molecule has 1 amide bonds. The molecule has 0 aliphatic heterocycles. The van der Waals surface area contributed by atoms with E-state index in [-0.39, 0.29) is 18.5 Å². The fraction of sp³-hybridized carbons (Fsp3) is 0.909. The maximum Gasteiger partial charge on any atom is 0.305 e. The van der Waals surface area contributed by atoms with Crippen molar-refractivity contribution in [2.24, 2.45) is 0 Å². The number of unbranched alkanes of at least 4 members (excludes halogenated alkanes) is 46. The van der Waals surface area contributed by atoms with Crippen LogP contribution in [0.25, 0.3) is 0 Å². The molecule has 0 aliphatic rings. The molecule has 0 radical (unpaired) electrons. The Morgan fingerprint density at radius 2 is 0.694 bits per heavy atom. The van der Waals surface area contributed by atoms with Gasteiger partial charge >= 0.3 is 5.97 Å². The molecular formula is C66H127NO5. The summed E-state index contributed by atoms with van der Waals surface area (Å²) in [7, 11) is 0. The highest BCUT2D eigenvalue weighted by atomic mass is 16.5. The van der Waals surface area contributed by atoms with Gasteiger partial charge in [-0.1, -0.05) is 314 Å². The first-order valence-corrected chi connectivity index (χ1v) is 32.6. The Balaban J connectivity index is 3.37. The summed E-state index contributed by atoms with van der Waals surface area (Å²) in [6.45, 7) is 4.95. The average molecular weight is 1010 g/mol. The molecule has 0 aromatic carbocycles. The predicted molar refractivity (Wildman–Crippen MR) is 315 cm³/mol. The van der Waals surface area contributed by atoms with Crippen molar-refractivity contribution in [1.82, 2.24) is 5.32 Å². The highest BCUT2D eigenvalue weighted by molar-refractivity contribution is 5.76. The van der Waals surface area contributed by atoms with Gasteiger partial charge in [-0.25, -0.2) is 0 Å². The van der Waals surface area contributed by atoms with E-state index in [0.717, 1.165) is 51.4 Å². The van der Waals surface area contributed by atoms with Crippen LogP contribution in [0, 0.1) is 0 Å². The van der Waals surface area contributed by atoms with Crippen LogP contribution in [-0.2, 0) is 14.3 Å². The predicted octanol–water partition coefficient (Wildman–Crippen LogP) is 20.6. The summed E-state index contributed by atoms with van der Waals surface area (Å²) in [4.78, 5) is 24.6. The Morgan fingerprint density at radius 3 is 1.07 bits per heavy atom. The third kappa shape index (κ3) is 57.6. The van der Waals surface area contributed by atoms with Crippen molar-refractivity contribution in [2.75, 3.05) is 13.2 Å². The highest BCUT2D eigenvalue weighted by Crippen LogP contribution is 2.18. The molecule has 0 aliphatic carbocycles. The Hall–Kier alpha value is -1.66. The van der Waals surface area contributed by atoms with E-state index in [0.29, 0.717) is 25.9 Å². The normalized spacial score (nSPS) is 12.7. The third-order valence-corrected chi connectivity index (χ3v) is 15.3. The van der Waals surface area contributed by atoms with Gasteiger partial charge in [0, 0.05) is 12.8 Å². The summed E-state index contributed by atoms with van der Waals surface area (Å²) >= 11 is 0. The quantitative estimate of drug-likeness (QED) is 0.0320. The molecule has 0 saturated heterocycles. The van der Waals surface area contributed by atoms with Crippen molar-refractivity contribution in [2.45, 2.75) is 373 Å². The van der Waals surface area contributed by atoms with Gasteiger partial charge in [0.2, 0.25) is 5.91 Å². The van der Waals surface area contributed by atoms with Gasteiger partial charge in [-0.05, 0) is 57.8 Å². The number of allylic oxidation sites excluding steroid dienone is 4. The zero-order valence-corrected chi connectivity index (χ0v) is 48.7. The summed E-state index contributed by atoms with van der Waals surface area (Å²) in [6, 6.07) is -0.541. The minimum atomic E-state index is -0.664. The van der Waals surface area contributed by atoms with Crippen LogP contribution in [0.5, 0.6) is 0 Å². The molecule has 72 heavy (non-hydrogen) atoms. The van der Waals surface area contributed by atoms with E-state index >= 15 is 0 Å². The van der Waals surface area contributed by atoms with Crippen LogP contribution >= 0.6 is 0 Å². The lowest BCUT2D eigenvalue weighted by Crippen LogP contribution is -2.45. The second-order valence-corrected chi connectivity index (χ2v) is 22.5. The molecule has 0 aromatic rings. The molecule has 0 fully saturated rings. The van der Waals surface area contributed by atoms with E-state index in [4.69, 9.17) is 4.74 Å². The van der Waals surface area contributed by atoms with Crippen LogP contribution in [0.3, 0.4) is 0 Å². The van der Waals surface area contributed by atoms with Gasteiger partial charge in [0.05, 0.1) is 25.4 Å². The van der Waals surface area contributed by atoms with Crippen LogP contribution in [0.4, 0.5) is 0 Å². The van der Waals surface area contributed by atoms with Crippen molar-refractivity contribution in [1.29, 1.82) is 0 Å². The summed E-state index contributed by atoms with van der Waals surface area (Å²) in [6.07, 6.45) is 76.2. The Kier molecular flexibility index (Phi) is 60.5. The molecule has 6 nitrogen and oxygen atoms in total. The van der Waals surface area contributed by atoms with E-state index in [9.17, 15) is 19.8 Å². The number of aliphatic hydroxyl groups excluding tert-OH is 2. The molecule has 6 heteroatoms. The van der Waals surface area contributed by atoms with Crippen molar-refractivity contribution in [3.8, 4) is 0 Å². The smallest absolute Gasteiger partial charge is 0.305 e. The lowest BCUT2D eigenvalue weighted by atomic mass is 10.0. The number of hydrogen-bond acceptors (Lipinski definition) is 5. The topological polar surface area (TPSA) is 95.9 Å². The number of nitrogens with one attached hydrogen (secondary N) is 1. The zero-order chi connectivity index (χ0) is 52.2. The monoisotopic (exact) mass is 1010 g/mol. The Morgan fingerprint density at radius 1 is 0.389 bits per heavy atom. The molecule has 0 rings (SSSR count). The van der Waals surface area contributed by atoms with E-state index in [1.807, 2.05) is 0 Å². The van der Waals surface area contributed by atoms with Crippen LogP contribution in [-0.4, -0.2) is 47.4 Å². The number of ether oxygens (including phenoxy) is 1. The fourth-order valence-corrected chi connectivity index (χ4v) is 10.3. The average Bonchev–Trinajstić information content (AvgIpc) is 3.38. The second kappa shape index (κ2) is 61.9. The SMILES string of the molecule is CCCCCC/C=C\C/C=C\CCCCCCCC(=O)OCCCCCCCCCCCCCCCCCCCCCCCCCC(=O)NC(CO)C(O)CCCCCCCCCCCCCCCCCC. The van der Waals surface area contributed by atoms with Gasteiger partial charge in [-0.3, -0.25) is 9.59 Å². The highest BCUT2D eigenvalue weighted by Gasteiger charge is 2.20. The fourth-order valence-electron chi connectivity index (χ4n) is 10.3. The first kappa shape index (κ1) is 70.3. The molecule has 426 valence electrons. The van der Waals surface area contributed by atoms with Crippen molar-refractivity contribution < 1.29 is 24.5 Å². The van der Waals surface area contributed by atoms with Crippen LogP contribution in [0.15, 0.2) is 24.3 Å². The van der Waals surface area contributed by atoms with Gasteiger partial charge in [0.1, 0.15) is 0 Å². The van der Waals surface area contributed by atoms with Gasteiger partial charge in [-0.15, -0.1) is 0 Å². The minimum absolute atomic E-state index is 0.00153. The largest absolute Gasteiger partial charge is 0.466 e. The van der Waals surface area contributed by atoms with Crippen LogP contribution < -0.4 is 5.32 Å². The standard InChI is InChI=1S/C66H127NO5/c1-3-5-7-9-11-13-15-17-19-30-34-38-42-46-50-54-58-64(69)63(62-68)67-65(70)59-55-51-47-43-39-35-31-28-26-24-22-21-23-25-27-29-33-37-41-45-49-53-57-61-72-66(71)60-56-52-48-44-40-36-32-20-18-16-14-12-10-8-6-4-2/h14,16,20,32,63-64,68-69H,3-13,15,17-19,21-31,33-62H2,1-2H3,(H,67,70)/b16-14-,32-20-. The van der Waals surface area contributed by atoms with Crippen molar-refractivity contribution >= 4 is 11.9 Å². The number of amides is 1. The van der Waals surface area contributed by atoms with E-state index in [1.54, 1.807) is 0 Å². The van der Waals surface area contributed by atoms with Gasteiger partial charge in [0.15, 0.2) is 0 Å². The van der Waals surface area contributed by atoms with E-state index < -0.39 is 12.1 Å². The maximum atomic E-state index is 12.5. The maximum absolute atomic E-state index is 12.5. The van der Waals surface area contributed by atoms with E-state index in [1.165, 1.54) is 276 Å². The van der Waals surface area contributed by atoms with Gasteiger partial charge in [0.25, 0.3) is 0 Å². The second-order valence-electron chi connectivity index (χ2n) is 22.5. The number of hydrogen-bond donors (Lipinski definition) is 3.